The molecule has 0 aromatic carbocycles. The summed E-state index contributed by atoms with van der Waals surface area (Å²) in [7, 11) is 0. The second-order valence-corrected chi connectivity index (χ2v) is 4.87. The summed E-state index contributed by atoms with van der Waals surface area (Å²) in [6.07, 6.45) is 1.90. The first kappa shape index (κ1) is 10.4. The highest BCUT2D eigenvalue weighted by molar-refractivity contribution is 7.11. The van der Waals surface area contributed by atoms with Crippen molar-refractivity contribution in [1.29, 1.82) is 0 Å². The molecular formula is C11H15N3S. The summed E-state index contributed by atoms with van der Waals surface area (Å²) in [4.78, 5) is 6.85. The summed E-state index contributed by atoms with van der Waals surface area (Å²) in [5.41, 5.74) is 7.92. The summed E-state index contributed by atoms with van der Waals surface area (Å²) >= 11 is 1.77. The highest BCUT2D eigenvalue weighted by Crippen LogP contribution is 2.18. The van der Waals surface area contributed by atoms with Crippen LogP contribution in [0.2, 0.25) is 0 Å². The molecule has 0 fully saturated rings. The van der Waals surface area contributed by atoms with Crippen LogP contribution in [0.4, 0.5) is 0 Å². The molecular weight excluding hydrogens is 206 g/mol. The van der Waals surface area contributed by atoms with Crippen LogP contribution in [0.1, 0.15) is 21.1 Å². The van der Waals surface area contributed by atoms with Gasteiger partial charge in [0.15, 0.2) is 0 Å². The number of hydrogen-bond acceptors (Lipinski definition) is 3. The zero-order valence-electron chi connectivity index (χ0n) is 9.03. The zero-order valence-corrected chi connectivity index (χ0v) is 9.84. The van der Waals surface area contributed by atoms with E-state index in [-0.39, 0.29) is 0 Å². The first-order valence-electron chi connectivity index (χ1n) is 4.96. The molecule has 4 heteroatoms. The molecule has 0 saturated carbocycles. The summed E-state index contributed by atoms with van der Waals surface area (Å²) in [5, 5.41) is 0. The Balaban J connectivity index is 2.18. The number of hydrogen-bond donors (Lipinski definition) is 1. The van der Waals surface area contributed by atoms with E-state index < -0.39 is 0 Å². The topological polar surface area (TPSA) is 43.8 Å². The lowest BCUT2D eigenvalue weighted by Crippen LogP contribution is -1.98. The lowest BCUT2D eigenvalue weighted by Gasteiger charge is -2.02. The third-order valence-corrected chi connectivity index (χ3v) is 3.68. The van der Waals surface area contributed by atoms with Gasteiger partial charge in [0, 0.05) is 22.0 Å². The lowest BCUT2D eigenvalue weighted by atomic mass is 10.3. The Labute approximate surface area is 93.6 Å². The van der Waals surface area contributed by atoms with Gasteiger partial charge < -0.3 is 10.3 Å². The van der Waals surface area contributed by atoms with Crippen LogP contribution < -0.4 is 5.73 Å². The smallest absolute Gasteiger partial charge is 0.0954 e. The zero-order chi connectivity index (χ0) is 10.8. The van der Waals surface area contributed by atoms with E-state index in [0.717, 1.165) is 12.2 Å². The van der Waals surface area contributed by atoms with Crippen LogP contribution in [-0.4, -0.2) is 9.55 Å². The van der Waals surface area contributed by atoms with Crippen molar-refractivity contribution < 1.29 is 0 Å². The first-order chi connectivity index (χ1) is 7.20. The van der Waals surface area contributed by atoms with Gasteiger partial charge in [-0.25, -0.2) is 4.98 Å². The van der Waals surface area contributed by atoms with Gasteiger partial charge in [-0.3, -0.25) is 0 Å². The Bertz CT molecular complexity index is 456. The predicted octanol–water partition coefficient (Wildman–Crippen LogP) is 2.07. The van der Waals surface area contributed by atoms with Crippen LogP contribution in [0.5, 0.6) is 0 Å². The molecule has 0 unspecified atom stereocenters. The van der Waals surface area contributed by atoms with Crippen molar-refractivity contribution in [1.82, 2.24) is 9.55 Å². The Morgan fingerprint density at radius 2 is 2.07 bits per heavy atom. The van der Waals surface area contributed by atoms with Crippen LogP contribution in [0, 0.1) is 13.8 Å². The number of nitrogens with two attached hydrogens (primary N) is 1. The van der Waals surface area contributed by atoms with E-state index in [0.29, 0.717) is 6.54 Å². The number of aryl methyl sites for hydroxylation is 1. The van der Waals surface area contributed by atoms with Crippen molar-refractivity contribution in [3.63, 3.8) is 0 Å². The van der Waals surface area contributed by atoms with Crippen molar-refractivity contribution in [2.24, 2.45) is 5.73 Å². The molecule has 2 aromatic heterocycles. The van der Waals surface area contributed by atoms with Crippen LogP contribution in [0.3, 0.4) is 0 Å². The Kier molecular flexibility index (Phi) is 2.88. The maximum Gasteiger partial charge on any atom is 0.0954 e. The standard InChI is InChI=1S/C11H15N3S/c1-8-9(2)14(7-13-8)6-11-4-3-10(5-12)15-11/h3-4,7H,5-6,12H2,1-2H3. The predicted molar refractivity (Wildman–Crippen MR) is 63.0 cm³/mol. The third kappa shape index (κ3) is 2.11. The molecule has 0 spiro atoms. The quantitative estimate of drug-likeness (QED) is 0.862. The molecule has 0 saturated heterocycles. The van der Waals surface area contributed by atoms with Gasteiger partial charge in [0.05, 0.1) is 18.6 Å². The molecule has 0 radical (unpaired) electrons. The molecule has 0 aliphatic carbocycles. The molecule has 0 atom stereocenters. The molecule has 0 bridgehead atoms. The van der Waals surface area contributed by atoms with Gasteiger partial charge in [-0.05, 0) is 26.0 Å². The summed E-state index contributed by atoms with van der Waals surface area (Å²) in [6.45, 7) is 5.66. The monoisotopic (exact) mass is 221 g/mol. The van der Waals surface area contributed by atoms with Crippen LogP contribution in [-0.2, 0) is 13.1 Å². The van der Waals surface area contributed by atoms with Gasteiger partial charge in [0.2, 0.25) is 0 Å². The lowest BCUT2D eigenvalue weighted by molar-refractivity contribution is 0.779. The Hall–Kier alpha value is -1.13. The number of aromatic nitrogens is 2. The maximum atomic E-state index is 5.58. The third-order valence-electron chi connectivity index (χ3n) is 2.59. The molecule has 0 amide bonds. The minimum absolute atomic E-state index is 0.632. The molecule has 2 aromatic rings. The molecule has 0 aliphatic rings. The van der Waals surface area contributed by atoms with Crippen molar-refractivity contribution in [2.45, 2.75) is 26.9 Å². The SMILES string of the molecule is Cc1ncn(Cc2ccc(CN)s2)c1C. The molecule has 0 aliphatic heterocycles. The largest absolute Gasteiger partial charge is 0.329 e. The van der Waals surface area contributed by atoms with Gasteiger partial charge in [0.1, 0.15) is 0 Å². The first-order valence-corrected chi connectivity index (χ1v) is 5.78. The average Bonchev–Trinajstić information content (AvgIpc) is 2.80. The van der Waals surface area contributed by atoms with Crippen LogP contribution in [0.15, 0.2) is 18.5 Å². The van der Waals surface area contributed by atoms with Crippen molar-refractivity contribution in [3.05, 3.63) is 39.6 Å². The van der Waals surface area contributed by atoms with Crippen molar-refractivity contribution in [2.75, 3.05) is 0 Å². The summed E-state index contributed by atoms with van der Waals surface area (Å²) < 4.78 is 2.17. The van der Waals surface area contributed by atoms with Gasteiger partial charge in [-0.1, -0.05) is 0 Å². The van der Waals surface area contributed by atoms with Crippen LogP contribution >= 0.6 is 11.3 Å². The van der Waals surface area contributed by atoms with E-state index in [9.17, 15) is 0 Å². The second kappa shape index (κ2) is 4.16. The molecule has 15 heavy (non-hydrogen) atoms. The Morgan fingerprint density at radius 1 is 1.33 bits per heavy atom. The van der Waals surface area contributed by atoms with Gasteiger partial charge in [0.25, 0.3) is 0 Å². The van der Waals surface area contributed by atoms with E-state index in [4.69, 9.17) is 5.73 Å². The number of nitrogens with zero attached hydrogens (tertiary/aromatic N) is 2. The maximum absolute atomic E-state index is 5.58. The number of imidazole rings is 1. The molecule has 2 heterocycles. The van der Waals surface area contributed by atoms with Gasteiger partial charge in [-0.15, -0.1) is 11.3 Å². The number of thiophene rings is 1. The Morgan fingerprint density at radius 3 is 2.60 bits per heavy atom. The number of rotatable bonds is 3. The van der Waals surface area contributed by atoms with E-state index in [1.165, 1.54) is 15.4 Å². The van der Waals surface area contributed by atoms with Gasteiger partial charge >= 0.3 is 0 Å². The van der Waals surface area contributed by atoms with Crippen LogP contribution in [0.25, 0.3) is 0 Å². The summed E-state index contributed by atoms with van der Waals surface area (Å²) in [5.74, 6) is 0. The van der Waals surface area contributed by atoms with E-state index in [1.807, 2.05) is 13.3 Å². The highest BCUT2D eigenvalue weighted by Gasteiger charge is 2.04. The van der Waals surface area contributed by atoms with E-state index in [1.54, 1.807) is 11.3 Å². The average molecular weight is 221 g/mol. The minimum atomic E-state index is 0.632. The molecule has 2 rings (SSSR count). The fraction of sp³-hybridized carbons (Fsp3) is 0.364. The second-order valence-electron chi connectivity index (χ2n) is 3.62. The molecule has 2 N–H and O–H groups in total. The fourth-order valence-corrected chi connectivity index (χ4v) is 2.38. The summed E-state index contributed by atoms with van der Waals surface area (Å²) in [6, 6.07) is 4.24. The van der Waals surface area contributed by atoms with E-state index in [2.05, 4.69) is 28.6 Å². The normalized spacial score (nSPS) is 10.9. The van der Waals surface area contributed by atoms with Gasteiger partial charge in [-0.2, -0.15) is 0 Å². The molecule has 80 valence electrons. The van der Waals surface area contributed by atoms with E-state index >= 15 is 0 Å². The minimum Gasteiger partial charge on any atom is -0.329 e. The highest BCUT2D eigenvalue weighted by atomic mass is 32.1. The van der Waals surface area contributed by atoms with Crippen molar-refractivity contribution >= 4 is 11.3 Å². The fourth-order valence-electron chi connectivity index (χ4n) is 1.49. The molecule has 3 nitrogen and oxygen atoms in total. The van der Waals surface area contributed by atoms with Crippen molar-refractivity contribution in [3.8, 4) is 0 Å².